The minimum atomic E-state index is -0.223. The van der Waals surface area contributed by atoms with E-state index >= 15 is 0 Å². The number of hydrogen-bond donors (Lipinski definition) is 0. The first kappa shape index (κ1) is 57.0. The zero-order valence-corrected chi connectivity index (χ0v) is 52.1. The van der Waals surface area contributed by atoms with Crippen LogP contribution >= 0.6 is 0 Å². The van der Waals surface area contributed by atoms with Gasteiger partial charge in [0.1, 0.15) is 11.6 Å². The molecule has 0 saturated heterocycles. The molecular formula is C78H63IrN7-4. The van der Waals surface area contributed by atoms with E-state index in [9.17, 15) is 0 Å². The first-order valence-corrected chi connectivity index (χ1v) is 28.7. The second kappa shape index (κ2) is 22.5. The van der Waals surface area contributed by atoms with E-state index in [1.54, 1.807) is 0 Å². The molecule has 0 N–H and O–H groups in total. The summed E-state index contributed by atoms with van der Waals surface area (Å²) < 4.78 is 4.27. The first-order valence-electron chi connectivity index (χ1n) is 28.7. The van der Waals surface area contributed by atoms with Crippen molar-refractivity contribution in [2.75, 3.05) is 0 Å². The van der Waals surface area contributed by atoms with Gasteiger partial charge in [0, 0.05) is 60.9 Å². The molecule has 0 spiro atoms. The smallest absolute Gasteiger partial charge is 0.101 e. The summed E-state index contributed by atoms with van der Waals surface area (Å²) in [6, 6.07) is 82.4. The third-order valence-corrected chi connectivity index (χ3v) is 15.9. The van der Waals surface area contributed by atoms with Gasteiger partial charge in [-0.2, -0.15) is 0 Å². The number of pyridine rings is 1. The molecule has 0 unspecified atom stereocenters. The van der Waals surface area contributed by atoms with Crippen LogP contribution in [0.1, 0.15) is 64.6 Å². The number of nitrogens with zero attached hydrogens (tertiary/aromatic N) is 7. The summed E-state index contributed by atoms with van der Waals surface area (Å²) >= 11 is 0. The van der Waals surface area contributed by atoms with Gasteiger partial charge in [0.15, 0.2) is 0 Å². The Hall–Kier alpha value is -9.46. The Balaban J connectivity index is 0.00000362. The molecule has 7 nitrogen and oxygen atoms in total. The molecule has 0 aliphatic carbocycles. The maximum atomic E-state index is 5.34. The summed E-state index contributed by atoms with van der Waals surface area (Å²) in [7, 11) is 0. The summed E-state index contributed by atoms with van der Waals surface area (Å²) in [5.74, 6) is 1.91. The van der Waals surface area contributed by atoms with Crippen LogP contribution in [0.25, 0.3) is 133 Å². The van der Waals surface area contributed by atoms with Crippen LogP contribution in [0, 0.1) is 39.5 Å². The fraction of sp³-hybridized carbons (Fsp3) is 0.128. The molecule has 0 fully saturated rings. The predicted octanol–water partition coefficient (Wildman–Crippen LogP) is 19.5. The van der Waals surface area contributed by atoms with Gasteiger partial charge in [-0.3, -0.25) is 19.9 Å². The Morgan fingerprint density at radius 3 is 1.20 bits per heavy atom. The van der Waals surface area contributed by atoms with Gasteiger partial charge < -0.3 is 21.2 Å². The van der Waals surface area contributed by atoms with E-state index in [0.29, 0.717) is 0 Å². The van der Waals surface area contributed by atoms with Gasteiger partial charge in [0.25, 0.3) is 0 Å². The van der Waals surface area contributed by atoms with Crippen molar-refractivity contribution in [2.24, 2.45) is 0 Å². The largest absolute Gasteiger partial charge is 0.358 e. The predicted molar refractivity (Wildman–Crippen MR) is 351 cm³/mol. The van der Waals surface area contributed by atoms with Crippen molar-refractivity contribution in [2.45, 2.75) is 66.2 Å². The Morgan fingerprint density at radius 1 is 0.372 bits per heavy atom. The molecule has 9 aromatic carbocycles. The van der Waals surface area contributed by atoms with Gasteiger partial charge in [0.2, 0.25) is 0 Å². The van der Waals surface area contributed by atoms with Gasteiger partial charge in [-0.05, 0) is 110 Å². The van der Waals surface area contributed by atoms with Crippen LogP contribution < -0.4 is 0 Å². The van der Waals surface area contributed by atoms with Gasteiger partial charge in [-0.25, -0.2) is 0 Å². The minimum absolute atomic E-state index is 0. The number of aromatic nitrogens is 7. The van der Waals surface area contributed by atoms with Crippen molar-refractivity contribution in [1.29, 1.82) is 0 Å². The normalized spacial score (nSPS) is 11.8. The summed E-state index contributed by atoms with van der Waals surface area (Å²) in [6.45, 7) is 17.3. The minimum Gasteiger partial charge on any atom is -0.358 e. The SMILES string of the molecule is Cc1cn2c(C(C)(C)C)nc3cc(-c4ccccc4-c4cc(-c5ccccc5-c5ccc(-c6[c-]ccc(-c7ccc(-c8ccccc8)cc7)c6)nc5)cc(-c5ccccc5-c5c[c-]c6c(c5)nc(C(C)(C)C)n5cc(C)nc65)c4)c[c-]c3c2n1.[CH3-].[Ir]. The zero-order valence-electron chi connectivity index (χ0n) is 49.7. The van der Waals surface area contributed by atoms with Crippen LogP contribution in [0.4, 0.5) is 0 Å². The van der Waals surface area contributed by atoms with E-state index in [4.69, 9.17) is 24.9 Å². The van der Waals surface area contributed by atoms with E-state index in [-0.39, 0.29) is 38.4 Å². The summed E-state index contributed by atoms with van der Waals surface area (Å²) in [5.41, 5.74) is 24.1. The standard InChI is InChI=1S/C77H60N7.CH3.Ir/c1-48-46-83-72(79-48)67-36-33-54(43-70(67)81-74(83)76(3,4)5)61-23-12-15-26-64(61)58-40-59(65-27-16-13-24-62(65)55-34-37-68-71(44-55)82-75(77(6,7)8)84-47-49(2)80-73(68)84)42-60(41-58)66-28-17-14-25-63(66)57-35-38-69(78-45-57)56-22-18-21-53(39-56)52-31-29-51(30-32-52)50-19-10-9-11-20-50;;/h9-21,23-35,38-47H,1-8H3;1H3;/q-3;-1;. The van der Waals surface area contributed by atoms with E-state index in [0.717, 1.165) is 145 Å². The van der Waals surface area contributed by atoms with Crippen molar-refractivity contribution in [3.63, 3.8) is 0 Å². The molecule has 5 aromatic heterocycles. The van der Waals surface area contributed by atoms with Crippen LogP contribution in [0.2, 0.25) is 0 Å². The molecule has 86 heavy (non-hydrogen) atoms. The molecule has 0 aliphatic heterocycles. The molecule has 0 saturated carbocycles. The first-order chi connectivity index (χ1) is 40.7. The second-order valence-electron chi connectivity index (χ2n) is 24.1. The number of aryl methyl sites for hydroxylation is 2. The van der Waals surface area contributed by atoms with Gasteiger partial charge in [-0.15, -0.1) is 71.8 Å². The topological polar surface area (TPSA) is 73.3 Å². The van der Waals surface area contributed by atoms with Crippen molar-refractivity contribution < 1.29 is 20.1 Å². The maximum Gasteiger partial charge on any atom is 0.101 e. The molecule has 0 atom stereocenters. The monoisotopic (exact) mass is 1290 g/mol. The molecule has 0 bridgehead atoms. The van der Waals surface area contributed by atoms with Crippen LogP contribution in [0.3, 0.4) is 0 Å². The van der Waals surface area contributed by atoms with E-state index in [2.05, 4.69) is 269 Å². The molecule has 1 radical (unpaired) electrons. The third-order valence-electron chi connectivity index (χ3n) is 15.9. The number of fused-ring (bicyclic) bond motifs is 6. The summed E-state index contributed by atoms with van der Waals surface area (Å²) in [6.07, 6.45) is 6.16. The average molecular weight is 1290 g/mol. The average Bonchev–Trinajstić information content (AvgIpc) is 2.45. The molecule has 14 aromatic rings. The van der Waals surface area contributed by atoms with Gasteiger partial charge in [0.05, 0.1) is 11.3 Å². The quantitative estimate of drug-likeness (QED) is 0.135. The van der Waals surface area contributed by atoms with Crippen LogP contribution in [-0.2, 0) is 30.9 Å². The Morgan fingerprint density at radius 2 is 0.767 bits per heavy atom. The molecular weight excluding hydrogens is 1230 g/mol. The molecule has 5 heterocycles. The molecule has 0 amide bonds. The van der Waals surface area contributed by atoms with Crippen molar-refractivity contribution >= 4 is 33.1 Å². The fourth-order valence-corrected chi connectivity index (χ4v) is 11.9. The molecule has 14 rings (SSSR count). The van der Waals surface area contributed by atoms with Crippen molar-refractivity contribution in [3.8, 4) is 100 Å². The number of benzene rings is 9. The molecule has 8 heteroatoms. The van der Waals surface area contributed by atoms with E-state index in [1.165, 1.54) is 11.1 Å². The Bertz CT molecular complexity index is 4670. The van der Waals surface area contributed by atoms with Crippen LogP contribution in [0.5, 0.6) is 0 Å². The second-order valence-corrected chi connectivity index (χ2v) is 24.1. The van der Waals surface area contributed by atoms with Crippen LogP contribution in [0.15, 0.2) is 219 Å². The van der Waals surface area contributed by atoms with E-state index < -0.39 is 0 Å². The number of rotatable bonds is 9. The van der Waals surface area contributed by atoms with Gasteiger partial charge >= 0.3 is 0 Å². The summed E-state index contributed by atoms with van der Waals surface area (Å²) in [5, 5.41) is 1.79. The fourth-order valence-electron chi connectivity index (χ4n) is 11.9. The molecule has 0 aliphatic rings. The summed E-state index contributed by atoms with van der Waals surface area (Å²) in [4.78, 5) is 25.8. The third kappa shape index (κ3) is 10.5. The van der Waals surface area contributed by atoms with Crippen molar-refractivity contribution in [1.82, 2.24) is 33.7 Å². The maximum absolute atomic E-state index is 5.34. The Kier molecular flexibility index (Phi) is 14.9. The number of imidazole rings is 2. The molecule has 423 valence electrons. The van der Waals surface area contributed by atoms with Crippen LogP contribution in [-0.4, -0.2) is 33.7 Å². The van der Waals surface area contributed by atoms with Crippen molar-refractivity contribution in [3.05, 3.63) is 267 Å². The zero-order chi connectivity index (χ0) is 57.4. The Labute approximate surface area is 517 Å². The van der Waals surface area contributed by atoms with E-state index in [1.807, 2.05) is 32.2 Å². The number of hydrogen-bond acceptors (Lipinski definition) is 5. The van der Waals surface area contributed by atoms with Gasteiger partial charge in [-0.1, -0.05) is 214 Å².